The Kier molecular flexibility index (Phi) is 3.38. The summed E-state index contributed by atoms with van der Waals surface area (Å²) in [5, 5.41) is 19.3. The molecule has 0 saturated heterocycles. The second-order valence-electron chi connectivity index (χ2n) is 4.18. The molecule has 3 nitrogen and oxygen atoms in total. The van der Waals surface area contributed by atoms with Gasteiger partial charge in [0.25, 0.3) is 0 Å². The summed E-state index contributed by atoms with van der Waals surface area (Å²) >= 11 is 5.89. The van der Waals surface area contributed by atoms with Gasteiger partial charge in [-0.05, 0) is 42.9 Å². The van der Waals surface area contributed by atoms with Gasteiger partial charge in [0, 0.05) is 5.02 Å². The van der Waals surface area contributed by atoms with Gasteiger partial charge in [0.05, 0.1) is 0 Å². The average Bonchev–Trinajstić information content (AvgIpc) is 2.32. The molecular formula is C13H13ClO3. The highest BCUT2D eigenvalue weighted by atomic mass is 35.5. The second kappa shape index (κ2) is 4.80. The monoisotopic (exact) mass is 252 g/mol. The molecule has 4 heteroatoms. The van der Waals surface area contributed by atoms with E-state index in [-0.39, 0.29) is 17.2 Å². The van der Waals surface area contributed by atoms with Crippen LogP contribution in [0.2, 0.25) is 5.02 Å². The van der Waals surface area contributed by atoms with Crippen molar-refractivity contribution in [2.75, 3.05) is 0 Å². The van der Waals surface area contributed by atoms with E-state index in [1.165, 1.54) is 6.07 Å². The fourth-order valence-electron chi connectivity index (χ4n) is 2.17. The lowest BCUT2D eigenvalue weighted by Gasteiger charge is -2.20. The molecule has 17 heavy (non-hydrogen) atoms. The zero-order valence-corrected chi connectivity index (χ0v) is 9.94. The van der Waals surface area contributed by atoms with Crippen LogP contribution in [0.1, 0.15) is 41.1 Å². The van der Waals surface area contributed by atoms with Crippen molar-refractivity contribution in [3.63, 3.8) is 0 Å². The topological polar surface area (TPSA) is 57.5 Å². The highest BCUT2D eigenvalue weighted by Gasteiger charge is 2.21. The highest BCUT2D eigenvalue weighted by molar-refractivity contribution is 6.31. The smallest absolute Gasteiger partial charge is 0.339 e. The van der Waals surface area contributed by atoms with Gasteiger partial charge in [0.1, 0.15) is 11.3 Å². The van der Waals surface area contributed by atoms with Gasteiger partial charge in [-0.25, -0.2) is 4.79 Å². The quantitative estimate of drug-likeness (QED) is 0.791. The minimum absolute atomic E-state index is 0.123. The van der Waals surface area contributed by atoms with E-state index < -0.39 is 5.97 Å². The van der Waals surface area contributed by atoms with Crippen molar-refractivity contribution >= 4 is 17.6 Å². The second-order valence-corrected chi connectivity index (χ2v) is 4.61. The van der Waals surface area contributed by atoms with Gasteiger partial charge in [0.15, 0.2) is 0 Å². The zero-order chi connectivity index (χ0) is 12.4. The first-order valence-corrected chi connectivity index (χ1v) is 5.88. The first-order valence-electron chi connectivity index (χ1n) is 5.50. The first-order chi connectivity index (χ1) is 8.09. The molecule has 0 radical (unpaired) electrons. The van der Waals surface area contributed by atoms with Crippen LogP contribution in [0.4, 0.5) is 0 Å². The van der Waals surface area contributed by atoms with Crippen molar-refractivity contribution in [3.05, 3.63) is 40.4 Å². The van der Waals surface area contributed by atoms with Crippen molar-refractivity contribution in [2.45, 2.75) is 25.2 Å². The van der Waals surface area contributed by atoms with E-state index in [0.717, 1.165) is 19.3 Å². The Balaban J connectivity index is 2.46. The maximum atomic E-state index is 11.0. The van der Waals surface area contributed by atoms with Gasteiger partial charge >= 0.3 is 5.97 Å². The molecule has 0 aliphatic heterocycles. The maximum absolute atomic E-state index is 11.0. The molecule has 1 aromatic rings. The number of halogens is 1. The number of phenols is 1. The van der Waals surface area contributed by atoms with E-state index in [9.17, 15) is 9.90 Å². The number of carboxylic acid groups (broad SMARTS) is 1. The van der Waals surface area contributed by atoms with E-state index in [1.807, 2.05) is 0 Å². The van der Waals surface area contributed by atoms with Crippen LogP contribution in [-0.2, 0) is 0 Å². The highest BCUT2D eigenvalue weighted by Crippen LogP contribution is 2.38. The Morgan fingerprint density at radius 3 is 2.71 bits per heavy atom. The number of carboxylic acids is 1. The fourth-order valence-corrected chi connectivity index (χ4v) is 2.40. The Labute approximate surface area is 104 Å². The molecule has 0 aromatic heterocycles. The largest absolute Gasteiger partial charge is 0.507 e. The van der Waals surface area contributed by atoms with E-state index in [0.29, 0.717) is 10.6 Å². The van der Waals surface area contributed by atoms with Crippen LogP contribution in [0.5, 0.6) is 5.75 Å². The summed E-state index contributed by atoms with van der Waals surface area (Å²) in [4.78, 5) is 11.0. The summed E-state index contributed by atoms with van der Waals surface area (Å²) in [6.07, 6.45) is 6.81. The number of aromatic hydroxyl groups is 1. The van der Waals surface area contributed by atoms with Crippen molar-refractivity contribution < 1.29 is 15.0 Å². The number of rotatable bonds is 2. The third kappa shape index (κ3) is 2.44. The van der Waals surface area contributed by atoms with E-state index in [2.05, 4.69) is 12.2 Å². The van der Waals surface area contributed by atoms with Crippen LogP contribution in [0, 0.1) is 0 Å². The summed E-state index contributed by atoms with van der Waals surface area (Å²) in [7, 11) is 0. The van der Waals surface area contributed by atoms with Crippen LogP contribution < -0.4 is 0 Å². The summed E-state index contributed by atoms with van der Waals surface area (Å²) in [6.45, 7) is 0. The molecule has 90 valence electrons. The predicted molar refractivity (Wildman–Crippen MR) is 65.8 cm³/mol. The molecule has 2 N–H and O–H groups in total. The van der Waals surface area contributed by atoms with E-state index in [4.69, 9.17) is 16.7 Å². The van der Waals surface area contributed by atoms with E-state index in [1.54, 1.807) is 6.07 Å². The predicted octanol–water partition coefficient (Wildman–Crippen LogP) is 3.57. The van der Waals surface area contributed by atoms with Crippen LogP contribution in [0.3, 0.4) is 0 Å². The maximum Gasteiger partial charge on any atom is 0.339 e. The molecule has 1 unspecified atom stereocenters. The van der Waals surface area contributed by atoms with Gasteiger partial charge < -0.3 is 10.2 Å². The molecule has 1 aliphatic carbocycles. The summed E-state index contributed by atoms with van der Waals surface area (Å²) < 4.78 is 0. The minimum atomic E-state index is -1.15. The molecule has 0 heterocycles. The Morgan fingerprint density at radius 1 is 1.35 bits per heavy atom. The average molecular weight is 253 g/mol. The molecule has 0 spiro atoms. The third-order valence-corrected chi connectivity index (χ3v) is 3.26. The van der Waals surface area contributed by atoms with Gasteiger partial charge in [-0.2, -0.15) is 0 Å². The Morgan fingerprint density at radius 2 is 2.12 bits per heavy atom. The number of carbonyl (C=O) groups is 1. The van der Waals surface area contributed by atoms with Crippen LogP contribution in [0.15, 0.2) is 24.3 Å². The molecule has 2 rings (SSSR count). The number of aromatic carboxylic acids is 1. The molecule has 0 saturated carbocycles. The molecule has 0 amide bonds. The fraction of sp³-hybridized carbons (Fsp3) is 0.308. The number of hydrogen-bond donors (Lipinski definition) is 2. The first kappa shape index (κ1) is 12.0. The standard InChI is InChI=1S/C13H13ClO3/c14-9-6-10(8-4-2-1-3-5-8)12(15)11(7-9)13(16)17/h1-2,6-8,15H,3-5H2,(H,16,17). The zero-order valence-electron chi connectivity index (χ0n) is 9.19. The van der Waals surface area contributed by atoms with Crippen LogP contribution >= 0.6 is 11.6 Å². The number of allylic oxidation sites excluding steroid dienone is 2. The Bertz CT molecular complexity index is 480. The van der Waals surface area contributed by atoms with Crippen molar-refractivity contribution in [1.29, 1.82) is 0 Å². The van der Waals surface area contributed by atoms with Crippen molar-refractivity contribution in [3.8, 4) is 5.75 Å². The molecule has 1 atom stereocenters. The lowest BCUT2D eigenvalue weighted by atomic mass is 9.86. The number of benzene rings is 1. The minimum Gasteiger partial charge on any atom is -0.507 e. The third-order valence-electron chi connectivity index (χ3n) is 3.04. The molecule has 0 fully saturated rings. The van der Waals surface area contributed by atoms with Crippen LogP contribution in [-0.4, -0.2) is 16.2 Å². The summed E-state index contributed by atoms with van der Waals surface area (Å²) in [5.74, 6) is -1.16. The lowest BCUT2D eigenvalue weighted by Crippen LogP contribution is -2.05. The SMILES string of the molecule is O=C(O)c1cc(Cl)cc(C2CC=CCC2)c1O. The van der Waals surface area contributed by atoms with E-state index >= 15 is 0 Å². The van der Waals surface area contributed by atoms with Crippen molar-refractivity contribution in [1.82, 2.24) is 0 Å². The van der Waals surface area contributed by atoms with Gasteiger partial charge in [-0.1, -0.05) is 23.8 Å². The van der Waals surface area contributed by atoms with Gasteiger partial charge in [0.2, 0.25) is 0 Å². The number of hydrogen-bond acceptors (Lipinski definition) is 2. The molecule has 1 aliphatic rings. The molecular weight excluding hydrogens is 240 g/mol. The van der Waals surface area contributed by atoms with Gasteiger partial charge in [-0.15, -0.1) is 0 Å². The van der Waals surface area contributed by atoms with Gasteiger partial charge in [-0.3, -0.25) is 0 Å². The van der Waals surface area contributed by atoms with Crippen LogP contribution in [0.25, 0.3) is 0 Å². The lowest BCUT2D eigenvalue weighted by molar-refractivity contribution is 0.0693. The Hall–Kier alpha value is -1.48. The summed E-state index contributed by atoms with van der Waals surface area (Å²) in [5.41, 5.74) is 0.515. The summed E-state index contributed by atoms with van der Waals surface area (Å²) in [6, 6.07) is 2.94. The normalized spacial score (nSPS) is 19.2. The molecule has 1 aromatic carbocycles. The molecule has 0 bridgehead atoms. The van der Waals surface area contributed by atoms with Crippen molar-refractivity contribution in [2.24, 2.45) is 0 Å².